The Kier molecular flexibility index (Phi) is 46.3. The molecule has 0 saturated heterocycles. The van der Waals surface area contributed by atoms with E-state index in [4.69, 9.17) is 158 Å². The summed E-state index contributed by atoms with van der Waals surface area (Å²) >= 11 is 60.2. The van der Waals surface area contributed by atoms with Gasteiger partial charge in [-0.1, -0.05) is 147 Å². The summed E-state index contributed by atoms with van der Waals surface area (Å²) in [5.41, 5.74) is 4.65. The van der Waals surface area contributed by atoms with Gasteiger partial charge in [0.1, 0.15) is 40.2 Å². The number of methoxy groups -OCH3 is 8. The number of hydrogen-bond donors (Lipinski definition) is 8. The Morgan fingerprint density at radius 3 is 1.24 bits per heavy atom. The highest BCUT2D eigenvalue weighted by Gasteiger charge is 2.46. The number of alkyl carbamates (subject to hydrolysis) is 3. The number of carbonyl (C=O) groups is 7. The smallest absolute Gasteiger partial charge is 0.407 e. The third-order valence-corrected chi connectivity index (χ3v) is 23.0. The molecule has 0 bridgehead atoms. The monoisotopic (exact) mass is 2160 g/mol. The van der Waals surface area contributed by atoms with Crippen molar-refractivity contribution in [2.24, 2.45) is 0 Å². The summed E-state index contributed by atoms with van der Waals surface area (Å²) in [6.45, 7) is 17.9. The average Bonchev–Trinajstić information content (AvgIpc) is 1.56. The Morgan fingerprint density at radius 1 is 0.471 bits per heavy atom. The van der Waals surface area contributed by atoms with Crippen LogP contribution in [0.2, 0.25) is 31.6 Å². The Hall–Kier alpha value is -9.27. The molecule has 766 valence electrons. The van der Waals surface area contributed by atoms with Gasteiger partial charge in [-0.15, -0.1) is 0 Å². The number of aromatic nitrogens is 14. The number of alkyl halides is 5. The van der Waals surface area contributed by atoms with Crippen molar-refractivity contribution in [3.8, 4) is 0 Å². The lowest BCUT2D eigenvalue weighted by Gasteiger charge is -2.42. The SMILES string of the molecule is CC(C)(C)OC(=O)NCC1(Nc2nc(Cl)ncc2N)CCCCC1.CC(C)(C)OC(=O)NCC1(Nc2nc(Cl)ncc2[N+](=O)[O-])CCCCC1.COC(=N)C(Cl)(Cl)Cl.COC(=O)C(Cl)(Cl)OC.COC(=O)C(OC)(OC)OC.COC(=O)c1nc2cnc(Cl)nc2n1C1(CNC(=O)OC(C)(C)C)CCCCC1.O=C1NCC2(CCCCC2)n2c1nc1cnc(Cl)nc12.O=[N+]([O-])c1cnc(Cl)nc1Cl. The molecule has 138 heavy (non-hydrogen) atoms. The molecule has 0 atom stereocenters. The van der Waals surface area contributed by atoms with Crippen molar-refractivity contribution >= 4 is 227 Å². The number of nitrogens with zero attached hydrogens (tertiary/aromatic N) is 16. The van der Waals surface area contributed by atoms with Crippen LogP contribution in [0.1, 0.15) is 212 Å². The fraction of sp³-hybridized carbons (Fsp3) is 0.630. The first kappa shape index (κ1) is 119. The highest BCUT2D eigenvalue weighted by atomic mass is 35.6. The number of hydrogen-bond acceptors (Lipinski definition) is 38. The number of rotatable bonds is 20. The van der Waals surface area contributed by atoms with Gasteiger partial charge in [0.2, 0.25) is 54.9 Å². The number of anilines is 3. The maximum absolute atomic E-state index is 12.5. The van der Waals surface area contributed by atoms with Crippen LogP contribution >= 0.6 is 128 Å². The zero-order chi connectivity index (χ0) is 104. The largest absolute Gasteiger partial charge is 0.481 e. The number of amides is 4. The van der Waals surface area contributed by atoms with Gasteiger partial charge in [0, 0.05) is 54.6 Å². The van der Waals surface area contributed by atoms with Gasteiger partial charge in [0.05, 0.1) is 84.7 Å². The maximum atomic E-state index is 12.5. The van der Waals surface area contributed by atoms with Crippen molar-refractivity contribution in [1.82, 2.24) is 90.2 Å². The molecule has 7 aromatic heterocycles. The third kappa shape index (κ3) is 36.4. The molecule has 5 aliphatic rings. The number of carbonyl (C=O) groups excluding carboxylic acids is 7. The van der Waals surface area contributed by atoms with E-state index in [1.807, 2.05) is 25.3 Å². The molecule has 4 saturated carbocycles. The van der Waals surface area contributed by atoms with Crippen molar-refractivity contribution in [2.45, 2.75) is 244 Å². The number of halogens is 11. The first-order valence-corrected chi connectivity index (χ1v) is 46.5. The number of nitro groups is 2. The van der Waals surface area contributed by atoms with Crippen molar-refractivity contribution in [3.63, 3.8) is 0 Å². The molecule has 4 aliphatic carbocycles. The Balaban J connectivity index is 0.000000289. The van der Waals surface area contributed by atoms with Crippen LogP contribution in [-0.4, -0.2) is 252 Å². The normalized spacial score (nSPS) is 15.6. The molecule has 1 spiro atoms. The molecule has 46 nitrogen and oxygen atoms in total. The zero-order valence-corrected chi connectivity index (χ0v) is 87.0. The average molecular weight is 2160 g/mol. The van der Waals surface area contributed by atoms with Crippen LogP contribution < -0.4 is 37.6 Å². The molecule has 4 amide bonds. The molecule has 8 heterocycles. The van der Waals surface area contributed by atoms with Gasteiger partial charge in [-0.25, -0.2) is 63.7 Å². The van der Waals surface area contributed by atoms with E-state index in [2.05, 4.69) is 125 Å². The maximum Gasteiger partial charge on any atom is 0.407 e. The van der Waals surface area contributed by atoms with Crippen LogP contribution in [0.4, 0.5) is 43.1 Å². The van der Waals surface area contributed by atoms with E-state index in [0.29, 0.717) is 52.7 Å². The molecule has 1 aliphatic heterocycles. The highest BCUT2D eigenvalue weighted by molar-refractivity contribution is 6.76. The molecule has 57 heteroatoms. The van der Waals surface area contributed by atoms with E-state index in [0.717, 1.165) is 128 Å². The lowest BCUT2D eigenvalue weighted by molar-refractivity contribution is -0.385. The highest BCUT2D eigenvalue weighted by Crippen LogP contribution is 2.43. The van der Waals surface area contributed by atoms with Gasteiger partial charge in [-0.2, -0.15) is 24.9 Å². The van der Waals surface area contributed by atoms with Gasteiger partial charge >= 0.3 is 58.1 Å². The number of imidazole rings is 2. The summed E-state index contributed by atoms with van der Waals surface area (Å²) in [7, 11) is 10.0. The number of fused-ring (bicyclic) bond motifs is 5. The van der Waals surface area contributed by atoms with Gasteiger partial charge in [0.25, 0.3) is 9.70 Å². The summed E-state index contributed by atoms with van der Waals surface area (Å²) < 4.78 is 52.3. The van der Waals surface area contributed by atoms with Gasteiger partial charge < -0.3 is 89.7 Å². The lowest BCUT2D eigenvalue weighted by Crippen LogP contribution is -2.52. The van der Waals surface area contributed by atoms with E-state index in [9.17, 15) is 53.8 Å². The molecule has 7 aromatic rings. The van der Waals surface area contributed by atoms with E-state index in [1.54, 1.807) is 52.3 Å². The van der Waals surface area contributed by atoms with Gasteiger partial charge in [0.15, 0.2) is 17.1 Å². The number of esters is 3. The van der Waals surface area contributed by atoms with Crippen molar-refractivity contribution in [1.29, 1.82) is 5.41 Å². The van der Waals surface area contributed by atoms with Crippen LogP contribution in [0.5, 0.6) is 0 Å². The number of nitrogens with one attached hydrogen (secondary N) is 7. The second-order valence-electron chi connectivity index (χ2n) is 34.0. The van der Waals surface area contributed by atoms with Gasteiger partial charge in [-0.05, 0) is 172 Å². The predicted molar refractivity (Wildman–Crippen MR) is 516 cm³/mol. The summed E-state index contributed by atoms with van der Waals surface area (Å²) in [5.74, 6) is -3.27. The third-order valence-electron chi connectivity index (χ3n) is 20.7. The van der Waals surface area contributed by atoms with E-state index < -0.39 is 88.2 Å². The Labute approximate surface area is 849 Å². The van der Waals surface area contributed by atoms with Crippen LogP contribution in [0, 0.1) is 25.6 Å². The second-order valence-corrected chi connectivity index (χ2v) is 39.6. The number of nitrogens with two attached hydrogens (primary N) is 1. The van der Waals surface area contributed by atoms with Crippen molar-refractivity contribution in [3.05, 3.63) is 94.4 Å². The molecule has 0 aromatic carbocycles. The molecule has 0 unspecified atom stereocenters. The quantitative estimate of drug-likeness (QED) is 0.00336. The molecule has 4 fully saturated rings. The van der Waals surface area contributed by atoms with Crippen LogP contribution in [0.25, 0.3) is 22.3 Å². The minimum atomic E-state index is -1.87. The summed E-state index contributed by atoms with van der Waals surface area (Å²) in [4.78, 5) is 150. The zero-order valence-electron chi connectivity index (χ0n) is 78.7. The first-order chi connectivity index (χ1) is 64.4. The minimum absolute atomic E-state index is 0.0566. The standard InChI is InChI=1S/C19H26ClN5O4.C16H24ClN5O4.C16H26ClN5O2.C13H14ClN5O.C6H12O5.C4HCl2N3O2.C4H6Cl2O3.C3H4Cl3NO/c1-18(2,3)29-17(27)22-11-19(8-6-5-7-9-19)25-13-12(10-21-16(20)24-13)23-14(25)15(26)28-4;1-15(2,3)26-14(23)19-10-16(7-5-4-6-8-16)21-12-11(22(24)25)9-18-13(17)20-12;1-15(2,3)24-14(23)20-10-16(7-5-4-6-8-16)22-12-11(18)9-19-13(17)21-12;14-12-15-6-8-9(18-12)19-10(17-8)11(20)16-7-13(19)4-2-1-3-5-13;1-8-5(7)6(9-2,10-3)11-4;5-3-2(9(10)11)1-7-4(6)8-3;1-8-3(7)4(5,6)9-2;1-8-2(7)3(4,5)6/h10H,5-9,11H2,1-4H3,(H,22,27);9H,4-8,10H2,1-3H3,(H,19,23)(H,18,20,21);9H,4-8,10,18H2,1-3H3,(H,20,23)(H,19,21,22);6H,1-5,7H2,(H,16,20);1-4H3;1H;1-2H3;7H,1H3. The minimum Gasteiger partial charge on any atom is -0.481 e. The molecular weight excluding hydrogens is 2050 g/mol. The van der Waals surface area contributed by atoms with Crippen molar-refractivity contribution in [2.75, 3.05) is 99.4 Å². The molecule has 12 rings (SSSR count). The van der Waals surface area contributed by atoms with Crippen LogP contribution in [-0.2, 0) is 72.8 Å². The second kappa shape index (κ2) is 53.5. The molecule has 9 N–H and O–H groups in total. The lowest BCUT2D eigenvalue weighted by atomic mass is 9.80. The predicted octanol–water partition coefficient (Wildman–Crippen LogP) is 16.7. The van der Waals surface area contributed by atoms with Crippen LogP contribution in [0.15, 0.2) is 31.0 Å². The number of ether oxygens (including phenoxy) is 11. The topological polar surface area (TPSA) is 594 Å². The van der Waals surface area contributed by atoms with Crippen LogP contribution in [0.3, 0.4) is 0 Å². The molecule has 0 radical (unpaired) electrons. The fourth-order valence-electron chi connectivity index (χ4n) is 14.5. The van der Waals surface area contributed by atoms with Crippen molar-refractivity contribution < 1.29 is 95.5 Å². The summed E-state index contributed by atoms with van der Waals surface area (Å²) in [6, 6.07) is 0. The summed E-state index contributed by atoms with van der Waals surface area (Å²) in [5, 5.41) is 46.1. The van der Waals surface area contributed by atoms with E-state index in [-0.39, 0.29) is 90.6 Å². The first-order valence-electron chi connectivity index (χ1n) is 42.3. The summed E-state index contributed by atoms with van der Waals surface area (Å²) in [6.07, 6.45) is 24.7. The van der Waals surface area contributed by atoms with E-state index in [1.165, 1.54) is 82.1 Å². The fourth-order valence-corrected chi connectivity index (χ4v) is 15.7. The number of nitrogen functional groups attached to an aromatic ring is 1. The Morgan fingerprint density at radius 2 is 0.855 bits per heavy atom. The van der Waals surface area contributed by atoms with Gasteiger partial charge in [-0.3, -0.25) is 39.6 Å². The van der Waals surface area contributed by atoms with E-state index >= 15 is 0 Å². The Bertz CT molecular complexity index is 5280. The molecular formula is C81H113Cl11N24O22.